The average molecular weight is 521 g/mol. The van der Waals surface area contributed by atoms with Gasteiger partial charge in [-0.3, -0.25) is 4.99 Å². The largest absolute Gasteiger partial charge is 0.492 e. The number of halogens is 2. The molecule has 0 aromatic heterocycles. The molecule has 1 atom stereocenters. The van der Waals surface area contributed by atoms with Crippen LogP contribution < -0.4 is 10.1 Å². The number of rotatable bonds is 7. The fourth-order valence-electron chi connectivity index (χ4n) is 3.64. The van der Waals surface area contributed by atoms with E-state index in [1.807, 2.05) is 0 Å². The summed E-state index contributed by atoms with van der Waals surface area (Å²) in [6, 6.07) is 6.19. The van der Waals surface area contributed by atoms with E-state index in [0.717, 1.165) is 51.5 Å². The molecule has 0 saturated carbocycles. The first-order chi connectivity index (χ1) is 13.7. The summed E-state index contributed by atoms with van der Waals surface area (Å²) in [5.41, 5.74) is 0. The molecule has 164 valence electrons. The zero-order valence-electron chi connectivity index (χ0n) is 17.1. The van der Waals surface area contributed by atoms with E-state index in [9.17, 15) is 4.39 Å². The van der Waals surface area contributed by atoms with Gasteiger partial charge in [0.05, 0.1) is 25.4 Å². The van der Waals surface area contributed by atoms with E-state index in [1.165, 1.54) is 25.0 Å². The minimum atomic E-state index is -0.290. The predicted octanol–water partition coefficient (Wildman–Crippen LogP) is 3.45. The molecule has 2 aliphatic rings. The highest BCUT2D eigenvalue weighted by atomic mass is 127. The third-order valence-corrected chi connectivity index (χ3v) is 5.20. The van der Waals surface area contributed by atoms with Crippen LogP contribution in [0.25, 0.3) is 0 Å². The fraction of sp³-hybridized carbons (Fsp3) is 0.667. The number of guanidine groups is 1. The van der Waals surface area contributed by atoms with Crippen LogP contribution in [0, 0.1) is 5.82 Å². The van der Waals surface area contributed by atoms with Gasteiger partial charge in [-0.2, -0.15) is 0 Å². The summed E-state index contributed by atoms with van der Waals surface area (Å²) < 4.78 is 30.5. The molecule has 2 saturated heterocycles. The van der Waals surface area contributed by atoms with Gasteiger partial charge >= 0.3 is 0 Å². The quantitative estimate of drug-likeness (QED) is 0.258. The van der Waals surface area contributed by atoms with E-state index in [0.29, 0.717) is 25.0 Å². The molecule has 3 rings (SSSR count). The van der Waals surface area contributed by atoms with E-state index >= 15 is 0 Å². The molecule has 1 aromatic carbocycles. The summed E-state index contributed by atoms with van der Waals surface area (Å²) in [5, 5.41) is 3.32. The minimum absolute atomic E-state index is 0. The maximum atomic E-state index is 13.2. The standard InChI is InChI=1S/C21H32FN3O3.HI/c1-23-21(24-10-14-27-19-7-4-5-17(22)15-19)25-11-8-18(9-12-25)28-16-20-6-2-3-13-26-20;/h4-5,7,15,18,20H,2-3,6,8-14,16H2,1H3,(H,23,24);1H. The number of piperidine rings is 1. The van der Waals surface area contributed by atoms with Crippen LogP contribution >= 0.6 is 24.0 Å². The van der Waals surface area contributed by atoms with Crippen molar-refractivity contribution in [3.63, 3.8) is 0 Å². The second-order valence-electron chi connectivity index (χ2n) is 7.29. The molecule has 8 heteroatoms. The van der Waals surface area contributed by atoms with Crippen molar-refractivity contribution in [3.05, 3.63) is 30.1 Å². The van der Waals surface area contributed by atoms with Crippen molar-refractivity contribution in [1.82, 2.24) is 10.2 Å². The van der Waals surface area contributed by atoms with Crippen molar-refractivity contribution in [1.29, 1.82) is 0 Å². The van der Waals surface area contributed by atoms with E-state index in [4.69, 9.17) is 14.2 Å². The van der Waals surface area contributed by atoms with Gasteiger partial charge in [-0.25, -0.2) is 4.39 Å². The van der Waals surface area contributed by atoms with Gasteiger partial charge in [-0.05, 0) is 44.2 Å². The number of likely N-dealkylation sites (tertiary alicyclic amines) is 1. The lowest BCUT2D eigenvalue weighted by Crippen LogP contribution is -2.48. The van der Waals surface area contributed by atoms with Gasteiger partial charge in [0.25, 0.3) is 0 Å². The molecular formula is C21H33FIN3O3. The molecule has 29 heavy (non-hydrogen) atoms. The Bertz CT molecular complexity index is 621. The van der Waals surface area contributed by atoms with Crippen LogP contribution in [0.15, 0.2) is 29.3 Å². The number of hydrogen-bond donors (Lipinski definition) is 1. The van der Waals surface area contributed by atoms with Crippen LogP contribution in [0.3, 0.4) is 0 Å². The second-order valence-corrected chi connectivity index (χ2v) is 7.29. The summed E-state index contributed by atoms with van der Waals surface area (Å²) >= 11 is 0. The molecular weight excluding hydrogens is 488 g/mol. The van der Waals surface area contributed by atoms with Crippen molar-refractivity contribution in [3.8, 4) is 5.75 Å². The lowest BCUT2D eigenvalue weighted by molar-refractivity contribution is -0.0721. The molecule has 0 spiro atoms. The Labute approximate surface area is 190 Å². The van der Waals surface area contributed by atoms with Gasteiger partial charge in [-0.15, -0.1) is 24.0 Å². The first kappa shape index (κ1) is 24.1. The summed E-state index contributed by atoms with van der Waals surface area (Å²) in [5.74, 6) is 1.12. The van der Waals surface area contributed by atoms with E-state index in [2.05, 4.69) is 15.2 Å². The molecule has 0 aliphatic carbocycles. The van der Waals surface area contributed by atoms with E-state index in [-0.39, 0.29) is 35.9 Å². The Morgan fingerprint density at radius 3 is 2.79 bits per heavy atom. The summed E-state index contributed by atoms with van der Waals surface area (Å²) in [6.07, 6.45) is 6.11. The first-order valence-electron chi connectivity index (χ1n) is 10.3. The van der Waals surface area contributed by atoms with Crippen molar-refractivity contribution in [2.24, 2.45) is 4.99 Å². The van der Waals surface area contributed by atoms with Gasteiger partial charge in [0.2, 0.25) is 0 Å². The maximum Gasteiger partial charge on any atom is 0.193 e. The van der Waals surface area contributed by atoms with Gasteiger partial charge in [-0.1, -0.05) is 6.07 Å². The predicted molar refractivity (Wildman–Crippen MR) is 123 cm³/mol. The number of benzene rings is 1. The maximum absolute atomic E-state index is 13.2. The van der Waals surface area contributed by atoms with Crippen LogP contribution in [-0.4, -0.2) is 69.6 Å². The van der Waals surface area contributed by atoms with Gasteiger partial charge in [0, 0.05) is 32.8 Å². The van der Waals surface area contributed by atoms with Crippen LogP contribution in [0.2, 0.25) is 0 Å². The molecule has 0 amide bonds. The van der Waals surface area contributed by atoms with Crippen LogP contribution in [0.1, 0.15) is 32.1 Å². The number of nitrogens with zero attached hydrogens (tertiary/aromatic N) is 2. The SMILES string of the molecule is CN=C(NCCOc1cccc(F)c1)N1CCC(OCC2CCCCO2)CC1.I. The Kier molecular flexibility index (Phi) is 11.0. The molecule has 2 aliphatic heterocycles. The van der Waals surface area contributed by atoms with E-state index in [1.54, 1.807) is 19.2 Å². The Morgan fingerprint density at radius 2 is 2.10 bits per heavy atom. The van der Waals surface area contributed by atoms with Gasteiger partial charge in [0.15, 0.2) is 5.96 Å². The van der Waals surface area contributed by atoms with Gasteiger partial charge in [0.1, 0.15) is 18.2 Å². The molecule has 2 heterocycles. The van der Waals surface area contributed by atoms with Crippen molar-refractivity contribution < 1.29 is 18.6 Å². The van der Waals surface area contributed by atoms with Crippen molar-refractivity contribution in [2.45, 2.75) is 44.3 Å². The number of ether oxygens (including phenoxy) is 3. The summed E-state index contributed by atoms with van der Waals surface area (Å²) in [7, 11) is 1.79. The highest BCUT2D eigenvalue weighted by Gasteiger charge is 2.23. The highest BCUT2D eigenvalue weighted by molar-refractivity contribution is 14.0. The average Bonchev–Trinajstić information content (AvgIpc) is 2.74. The van der Waals surface area contributed by atoms with Crippen LogP contribution in [0.5, 0.6) is 5.75 Å². The molecule has 0 bridgehead atoms. The summed E-state index contributed by atoms with van der Waals surface area (Å²) in [6.45, 7) is 4.48. The normalized spacial score (nSPS) is 20.8. The molecule has 1 aromatic rings. The van der Waals surface area contributed by atoms with Crippen LogP contribution in [0.4, 0.5) is 4.39 Å². The topological polar surface area (TPSA) is 55.3 Å². The fourth-order valence-corrected chi connectivity index (χ4v) is 3.64. The lowest BCUT2D eigenvalue weighted by Gasteiger charge is -2.35. The van der Waals surface area contributed by atoms with Crippen molar-refractivity contribution >= 4 is 29.9 Å². The Morgan fingerprint density at radius 1 is 1.28 bits per heavy atom. The molecule has 0 radical (unpaired) electrons. The number of aliphatic imine (C=N–C) groups is 1. The van der Waals surface area contributed by atoms with Crippen LogP contribution in [-0.2, 0) is 9.47 Å². The molecule has 1 unspecified atom stereocenters. The molecule has 1 N–H and O–H groups in total. The zero-order valence-corrected chi connectivity index (χ0v) is 19.5. The highest BCUT2D eigenvalue weighted by Crippen LogP contribution is 2.18. The Balaban J connectivity index is 0.00000300. The number of hydrogen-bond acceptors (Lipinski definition) is 4. The Hall–Kier alpha value is -1.13. The second kappa shape index (κ2) is 13.2. The summed E-state index contributed by atoms with van der Waals surface area (Å²) in [4.78, 5) is 6.62. The third kappa shape index (κ3) is 8.25. The number of nitrogens with one attached hydrogen (secondary N) is 1. The van der Waals surface area contributed by atoms with Gasteiger partial charge < -0.3 is 24.4 Å². The smallest absolute Gasteiger partial charge is 0.193 e. The van der Waals surface area contributed by atoms with E-state index < -0.39 is 0 Å². The molecule has 6 nitrogen and oxygen atoms in total. The first-order valence-corrected chi connectivity index (χ1v) is 10.3. The minimum Gasteiger partial charge on any atom is -0.492 e. The molecule has 2 fully saturated rings. The zero-order chi connectivity index (χ0) is 19.6. The monoisotopic (exact) mass is 521 g/mol. The van der Waals surface area contributed by atoms with Crippen molar-refractivity contribution in [2.75, 3.05) is 46.5 Å². The lowest BCUT2D eigenvalue weighted by atomic mass is 10.1. The third-order valence-electron chi connectivity index (χ3n) is 5.20.